The summed E-state index contributed by atoms with van der Waals surface area (Å²) in [6.45, 7) is 3.26. The number of aromatic nitrogens is 1. The lowest BCUT2D eigenvalue weighted by atomic mass is 10.2. The number of hydrogen-bond donors (Lipinski definition) is 1. The molecule has 0 radical (unpaired) electrons. The number of rotatable bonds is 5. The summed E-state index contributed by atoms with van der Waals surface area (Å²) < 4.78 is 22.7. The van der Waals surface area contributed by atoms with Crippen LogP contribution < -0.4 is 5.32 Å². The van der Waals surface area contributed by atoms with E-state index in [1.165, 1.54) is 6.20 Å². The van der Waals surface area contributed by atoms with Crippen molar-refractivity contribution in [3.8, 4) is 0 Å². The summed E-state index contributed by atoms with van der Waals surface area (Å²) in [6, 6.07) is 2.87. The molecule has 94 valence electrons. The molecule has 5 nitrogen and oxygen atoms in total. The molecular weight excluding hydrogens is 240 g/mol. The molecule has 0 fully saturated rings. The summed E-state index contributed by atoms with van der Waals surface area (Å²) in [7, 11) is -3.08. The van der Waals surface area contributed by atoms with Crippen LogP contribution in [0, 0.1) is 0 Å². The first-order valence-electron chi connectivity index (χ1n) is 5.36. The van der Waals surface area contributed by atoms with Crippen molar-refractivity contribution >= 4 is 15.7 Å². The SMILES string of the molecule is CCS(=O)(=O)C[C@H](C)NC(=O)c1cccnc1. The minimum absolute atomic E-state index is 0.0461. The van der Waals surface area contributed by atoms with Crippen molar-refractivity contribution in [1.82, 2.24) is 10.3 Å². The molecule has 1 amide bonds. The van der Waals surface area contributed by atoms with Gasteiger partial charge in [0.2, 0.25) is 0 Å². The number of sulfone groups is 1. The van der Waals surface area contributed by atoms with Crippen molar-refractivity contribution in [2.75, 3.05) is 11.5 Å². The largest absolute Gasteiger partial charge is 0.349 e. The van der Waals surface area contributed by atoms with E-state index in [2.05, 4.69) is 10.3 Å². The molecule has 0 spiro atoms. The standard InChI is InChI=1S/C11H16N2O3S/c1-3-17(15,16)8-9(2)13-11(14)10-5-4-6-12-7-10/h4-7,9H,3,8H2,1-2H3,(H,13,14)/t9-/m0/s1. The van der Waals surface area contributed by atoms with Crippen molar-refractivity contribution in [3.63, 3.8) is 0 Å². The molecule has 0 aromatic carbocycles. The van der Waals surface area contributed by atoms with Crippen LogP contribution in [-0.4, -0.2) is 36.9 Å². The lowest BCUT2D eigenvalue weighted by Gasteiger charge is -2.13. The number of pyridine rings is 1. The molecule has 1 aromatic rings. The summed E-state index contributed by atoms with van der Waals surface area (Å²) in [6.07, 6.45) is 3.01. The number of carbonyl (C=O) groups is 1. The molecule has 0 bridgehead atoms. The van der Waals surface area contributed by atoms with E-state index >= 15 is 0 Å². The first-order valence-corrected chi connectivity index (χ1v) is 7.18. The van der Waals surface area contributed by atoms with E-state index in [0.29, 0.717) is 5.56 Å². The number of nitrogens with one attached hydrogen (secondary N) is 1. The van der Waals surface area contributed by atoms with Gasteiger partial charge in [-0.3, -0.25) is 9.78 Å². The van der Waals surface area contributed by atoms with Gasteiger partial charge in [0, 0.05) is 24.2 Å². The Balaban J connectivity index is 2.59. The molecule has 0 aliphatic rings. The van der Waals surface area contributed by atoms with Gasteiger partial charge in [-0.15, -0.1) is 0 Å². The van der Waals surface area contributed by atoms with Gasteiger partial charge in [-0.05, 0) is 19.1 Å². The fourth-order valence-corrected chi connectivity index (χ4v) is 2.43. The van der Waals surface area contributed by atoms with E-state index in [0.717, 1.165) is 0 Å². The first-order chi connectivity index (χ1) is 7.94. The molecule has 1 rings (SSSR count). The highest BCUT2D eigenvalue weighted by Crippen LogP contribution is 1.99. The lowest BCUT2D eigenvalue weighted by Crippen LogP contribution is -2.38. The van der Waals surface area contributed by atoms with Gasteiger partial charge in [0.15, 0.2) is 9.84 Å². The van der Waals surface area contributed by atoms with Crippen LogP contribution >= 0.6 is 0 Å². The highest BCUT2D eigenvalue weighted by molar-refractivity contribution is 7.91. The van der Waals surface area contributed by atoms with Crippen molar-refractivity contribution < 1.29 is 13.2 Å². The average Bonchev–Trinajstić information content (AvgIpc) is 2.29. The monoisotopic (exact) mass is 256 g/mol. The van der Waals surface area contributed by atoms with Crippen LogP contribution in [0.15, 0.2) is 24.5 Å². The van der Waals surface area contributed by atoms with Crippen LogP contribution in [0.2, 0.25) is 0 Å². The predicted octanol–water partition coefficient (Wildman–Crippen LogP) is 0.635. The fourth-order valence-electron chi connectivity index (χ4n) is 1.34. The van der Waals surface area contributed by atoms with Crippen molar-refractivity contribution in [2.45, 2.75) is 19.9 Å². The summed E-state index contributed by atoms with van der Waals surface area (Å²) in [5, 5.41) is 2.63. The van der Waals surface area contributed by atoms with E-state index in [1.807, 2.05) is 0 Å². The number of amides is 1. The molecule has 1 aromatic heterocycles. The minimum atomic E-state index is -3.08. The zero-order valence-corrected chi connectivity index (χ0v) is 10.7. The molecule has 0 saturated heterocycles. The van der Waals surface area contributed by atoms with Gasteiger partial charge in [0.1, 0.15) is 0 Å². The normalized spacial score (nSPS) is 13.1. The zero-order chi connectivity index (χ0) is 12.9. The van der Waals surface area contributed by atoms with Crippen LogP contribution in [0.1, 0.15) is 24.2 Å². The van der Waals surface area contributed by atoms with Gasteiger partial charge >= 0.3 is 0 Å². The van der Waals surface area contributed by atoms with E-state index in [1.54, 1.807) is 32.2 Å². The maximum atomic E-state index is 11.7. The summed E-state index contributed by atoms with van der Waals surface area (Å²) >= 11 is 0. The maximum Gasteiger partial charge on any atom is 0.253 e. The first kappa shape index (κ1) is 13.6. The van der Waals surface area contributed by atoms with Crippen molar-refractivity contribution in [2.24, 2.45) is 0 Å². The third kappa shape index (κ3) is 4.52. The second-order valence-electron chi connectivity index (χ2n) is 3.82. The van der Waals surface area contributed by atoms with Crippen molar-refractivity contribution in [1.29, 1.82) is 0 Å². The third-order valence-corrected chi connectivity index (χ3v) is 4.13. The Kier molecular flexibility index (Phi) is 4.62. The maximum absolute atomic E-state index is 11.7. The third-order valence-electron chi connectivity index (χ3n) is 2.24. The number of carbonyl (C=O) groups excluding carboxylic acids is 1. The fraction of sp³-hybridized carbons (Fsp3) is 0.455. The Morgan fingerprint density at radius 3 is 2.76 bits per heavy atom. The smallest absolute Gasteiger partial charge is 0.253 e. The van der Waals surface area contributed by atoms with Crippen LogP contribution in [-0.2, 0) is 9.84 Å². The highest BCUT2D eigenvalue weighted by atomic mass is 32.2. The van der Waals surface area contributed by atoms with Crippen molar-refractivity contribution in [3.05, 3.63) is 30.1 Å². The second-order valence-corrected chi connectivity index (χ2v) is 6.21. The molecule has 0 saturated carbocycles. The number of nitrogens with zero attached hydrogens (tertiary/aromatic N) is 1. The van der Waals surface area contributed by atoms with Gasteiger partial charge < -0.3 is 5.32 Å². The van der Waals surface area contributed by atoms with Gasteiger partial charge in [-0.2, -0.15) is 0 Å². The molecule has 17 heavy (non-hydrogen) atoms. The van der Waals surface area contributed by atoms with Gasteiger partial charge in [-0.1, -0.05) is 6.92 Å². The van der Waals surface area contributed by atoms with E-state index in [4.69, 9.17) is 0 Å². The predicted molar refractivity (Wildman–Crippen MR) is 65.5 cm³/mol. The average molecular weight is 256 g/mol. The van der Waals surface area contributed by atoms with Gasteiger partial charge in [-0.25, -0.2) is 8.42 Å². The molecule has 6 heteroatoms. The zero-order valence-electron chi connectivity index (χ0n) is 9.88. The highest BCUT2D eigenvalue weighted by Gasteiger charge is 2.16. The van der Waals surface area contributed by atoms with E-state index < -0.39 is 15.9 Å². The molecule has 0 unspecified atom stereocenters. The summed E-state index contributed by atoms with van der Waals surface area (Å²) in [5.41, 5.74) is 0.424. The minimum Gasteiger partial charge on any atom is -0.349 e. The molecule has 0 aliphatic carbocycles. The van der Waals surface area contributed by atoms with Crippen LogP contribution in [0.5, 0.6) is 0 Å². The quantitative estimate of drug-likeness (QED) is 0.838. The van der Waals surface area contributed by atoms with E-state index in [-0.39, 0.29) is 17.4 Å². The molecule has 0 aliphatic heterocycles. The Hall–Kier alpha value is -1.43. The van der Waals surface area contributed by atoms with Gasteiger partial charge in [0.25, 0.3) is 5.91 Å². The Labute approximate surface area is 101 Å². The Morgan fingerprint density at radius 1 is 1.53 bits per heavy atom. The lowest BCUT2D eigenvalue weighted by molar-refractivity contribution is 0.0943. The van der Waals surface area contributed by atoms with Crippen LogP contribution in [0.3, 0.4) is 0 Å². The van der Waals surface area contributed by atoms with E-state index in [9.17, 15) is 13.2 Å². The van der Waals surface area contributed by atoms with Crippen LogP contribution in [0.25, 0.3) is 0 Å². The summed E-state index contributed by atoms with van der Waals surface area (Å²) in [4.78, 5) is 15.5. The Morgan fingerprint density at radius 2 is 2.24 bits per heavy atom. The molecule has 1 N–H and O–H groups in total. The van der Waals surface area contributed by atoms with Crippen LogP contribution in [0.4, 0.5) is 0 Å². The number of hydrogen-bond acceptors (Lipinski definition) is 4. The molecule has 1 heterocycles. The molecule has 1 atom stereocenters. The Bertz CT molecular complexity index is 471. The molecular formula is C11H16N2O3S. The van der Waals surface area contributed by atoms with Gasteiger partial charge in [0.05, 0.1) is 11.3 Å². The summed E-state index contributed by atoms with van der Waals surface area (Å²) in [5.74, 6) is -0.271. The second kappa shape index (κ2) is 5.77. The topological polar surface area (TPSA) is 76.1 Å².